The van der Waals surface area contributed by atoms with Gasteiger partial charge < -0.3 is 9.64 Å². The number of aromatic nitrogens is 2. The minimum atomic E-state index is 0.356. The first-order valence-electron chi connectivity index (χ1n) is 6.93. The summed E-state index contributed by atoms with van der Waals surface area (Å²) in [4.78, 5) is 10.1. The highest BCUT2D eigenvalue weighted by atomic mass is 35.5. The van der Waals surface area contributed by atoms with E-state index >= 15 is 0 Å². The van der Waals surface area contributed by atoms with Crippen molar-refractivity contribution < 1.29 is 4.74 Å². The van der Waals surface area contributed by atoms with Crippen molar-refractivity contribution in [2.24, 2.45) is 0 Å². The molecule has 0 bridgehead atoms. The third-order valence-corrected chi connectivity index (χ3v) is 3.27. The number of hydrogen-bond donors (Lipinski definition) is 0. The zero-order chi connectivity index (χ0) is 16.5. The molecule has 0 spiro atoms. The number of nitriles is 2. The predicted molar refractivity (Wildman–Crippen MR) is 85.9 cm³/mol. The van der Waals surface area contributed by atoms with Crippen molar-refractivity contribution in [3.05, 3.63) is 52.9 Å². The minimum absolute atomic E-state index is 0.356. The second-order valence-corrected chi connectivity index (χ2v) is 4.98. The Bertz CT molecular complexity index is 732. The van der Waals surface area contributed by atoms with Crippen molar-refractivity contribution in [3.63, 3.8) is 0 Å². The lowest BCUT2D eigenvalue weighted by atomic mass is 10.2. The average molecular weight is 328 g/mol. The van der Waals surface area contributed by atoms with Gasteiger partial charge >= 0.3 is 0 Å². The van der Waals surface area contributed by atoms with Gasteiger partial charge in [0.25, 0.3) is 0 Å². The molecule has 1 aliphatic heterocycles. The monoisotopic (exact) mass is 327 g/mol. The van der Waals surface area contributed by atoms with Crippen LogP contribution in [0.3, 0.4) is 0 Å². The first-order chi connectivity index (χ1) is 11.2. The first-order valence-corrected chi connectivity index (χ1v) is 7.31. The number of ether oxygens (including phenoxy) is 1. The van der Waals surface area contributed by atoms with Crippen LogP contribution in [-0.4, -0.2) is 36.3 Å². The van der Waals surface area contributed by atoms with Gasteiger partial charge in [-0.3, -0.25) is 0 Å². The maximum atomic E-state index is 8.74. The molecule has 7 heteroatoms. The third-order valence-electron chi connectivity index (χ3n) is 3.07. The SMILES string of the molecule is N#Cc1ccnc(Cl)c1.N#Cc1ccnc(N2CCOCC2)c1. The number of anilines is 1. The van der Waals surface area contributed by atoms with Crippen LogP contribution in [0.15, 0.2) is 36.7 Å². The third kappa shape index (κ3) is 5.23. The summed E-state index contributed by atoms with van der Waals surface area (Å²) >= 11 is 5.46. The Morgan fingerprint density at radius 3 is 2.17 bits per heavy atom. The Labute approximate surface area is 139 Å². The van der Waals surface area contributed by atoms with Gasteiger partial charge in [-0.25, -0.2) is 9.97 Å². The van der Waals surface area contributed by atoms with Gasteiger partial charge in [-0.15, -0.1) is 0 Å². The van der Waals surface area contributed by atoms with E-state index in [2.05, 4.69) is 20.9 Å². The molecule has 0 aliphatic carbocycles. The maximum Gasteiger partial charge on any atom is 0.130 e. The molecule has 1 saturated heterocycles. The molecule has 0 amide bonds. The molecule has 116 valence electrons. The van der Waals surface area contributed by atoms with Gasteiger partial charge in [-0.1, -0.05) is 11.6 Å². The van der Waals surface area contributed by atoms with E-state index in [4.69, 9.17) is 26.9 Å². The molecule has 1 aliphatic rings. The molecule has 0 saturated carbocycles. The van der Waals surface area contributed by atoms with E-state index in [1.54, 1.807) is 18.3 Å². The van der Waals surface area contributed by atoms with Crippen LogP contribution < -0.4 is 4.90 Å². The highest BCUT2D eigenvalue weighted by Gasteiger charge is 2.12. The van der Waals surface area contributed by atoms with Crippen molar-refractivity contribution in [1.82, 2.24) is 9.97 Å². The van der Waals surface area contributed by atoms with E-state index in [9.17, 15) is 0 Å². The van der Waals surface area contributed by atoms with Crippen LogP contribution in [0.5, 0.6) is 0 Å². The van der Waals surface area contributed by atoms with Gasteiger partial charge in [-0.2, -0.15) is 10.5 Å². The van der Waals surface area contributed by atoms with E-state index < -0.39 is 0 Å². The molecule has 0 radical (unpaired) electrons. The molecule has 2 aromatic rings. The molecule has 0 unspecified atom stereocenters. The second kappa shape index (κ2) is 8.70. The van der Waals surface area contributed by atoms with Crippen LogP contribution in [-0.2, 0) is 4.74 Å². The minimum Gasteiger partial charge on any atom is -0.378 e. The summed E-state index contributed by atoms with van der Waals surface area (Å²) in [6.07, 6.45) is 3.17. The first kappa shape index (κ1) is 16.7. The largest absolute Gasteiger partial charge is 0.378 e. The highest BCUT2D eigenvalue weighted by molar-refractivity contribution is 6.29. The van der Waals surface area contributed by atoms with Crippen LogP contribution in [0.2, 0.25) is 5.15 Å². The van der Waals surface area contributed by atoms with E-state index in [0.717, 1.165) is 32.1 Å². The number of halogens is 1. The van der Waals surface area contributed by atoms with Crippen molar-refractivity contribution in [2.45, 2.75) is 0 Å². The van der Waals surface area contributed by atoms with Gasteiger partial charge in [0.1, 0.15) is 11.0 Å². The summed E-state index contributed by atoms with van der Waals surface area (Å²) < 4.78 is 5.24. The van der Waals surface area contributed by atoms with Crippen LogP contribution in [0.25, 0.3) is 0 Å². The molecule has 3 rings (SSSR count). The molecule has 6 nitrogen and oxygen atoms in total. The number of nitrogens with zero attached hydrogens (tertiary/aromatic N) is 5. The molecule has 0 aromatic carbocycles. The normalized spacial score (nSPS) is 13.3. The lowest BCUT2D eigenvalue weighted by Gasteiger charge is -2.27. The lowest BCUT2D eigenvalue weighted by molar-refractivity contribution is 0.122. The zero-order valence-electron chi connectivity index (χ0n) is 12.3. The van der Waals surface area contributed by atoms with Gasteiger partial charge in [-0.05, 0) is 24.3 Å². The van der Waals surface area contributed by atoms with E-state index in [1.165, 1.54) is 12.3 Å². The highest BCUT2D eigenvalue weighted by Crippen LogP contribution is 2.13. The van der Waals surface area contributed by atoms with Gasteiger partial charge in [0.15, 0.2) is 0 Å². The molecule has 23 heavy (non-hydrogen) atoms. The quantitative estimate of drug-likeness (QED) is 0.747. The van der Waals surface area contributed by atoms with Crippen molar-refractivity contribution in [3.8, 4) is 12.1 Å². The van der Waals surface area contributed by atoms with Crippen LogP contribution in [0.4, 0.5) is 5.82 Å². The molecular formula is C16H14ClN5O. The smallest absolute Gasteiger partial charge is 0.130 e. The fourth-order valence-corrected chi connectivity index (χ4v) is 2.10. The van der Waals surface area contributed by atoms with E-state index in [0.29, 0.717) is 16.3 Å². The fourth-order valence-electron chi connectivity index (χ4n) is 1.93. The van der Waals surface area contributed by atoms with Crippen LogP contribution >= 0.6 is 11.6 Å². The Hall–Kier alpha value is -2.67. The van der Waals surface area contributed by atoms with Gasteiger partial charge in [0.2, 0.25) is 0 Å². The predicted octanol–water partition coefficient (Wildman–Crippen LogP) is 2.40. The van der Waals surface area contributed by atoms with Crippen molar-refractivity contribution in [2.75, 3.05) is 31.2 Å². The Balaban J connectivity index is 0.000000185. The summed E-state index contributed by atoms with van der Waals surface area (Å²) in [5.41, 5.74) is 1.19. The summed E-state index contributed by atoms with van der Waals surface area (Å²) in [5, 5.41) is 17.4. The number of pyridine rings is 2. The summed E-state index contributed by atoms with van der Waals surface area (Å²) in [5.74, 6) is 0.868. The Morgan fingerprint density at radius 2 is 1.61 bits per heavy atom. The van der Waals surface area contributed by atoms with Crippen molar-refractivity contribution in [1.29, 1.82) is 10.5 Å². The lowest BCUT2D eigenvalue weighted by Crippen LogP contribution is -2.36. The van der Waals surface area contributed by atoms with Crippen LogP contribution in [0, 0.1) is 22.7 Å². The standard InChI is InChI=1S/C10H11N3O.C6H3ClN2/c11-8-9-1-2-12-10(7-9)13-3-5-14-6-4-13;7-6-3-5(4-8)1-2-9-6/h1-2,7H,3-6H2;1-3H. The summed E-state index contributed by atoms with van der Waals surface area (Å²) in [7, 11) is 0. The Morgan fingerprint density at radius 1 is 1.00 bits per heavy atom. The van der Waals surface area contributed by atoms with Gasteiger partial charge in [0, 0.05) is 25.5 Å². The van der Waals surface area contributed by atoms with Crippen molar-refractivity contribution >= 4 is 17.4 Å². The zero-order valence-corrected chi connectivity index (χ0v) is 13.1. The number of rotatable bonds is 1. The molecule has 0 N–H and O–H groups in total. The van der Waals surface area contributed by atoms with Crippen LogP contribution in [0.1, 0.15) is 11.1 Å². The molecule has 1 fully saturated rings. The molecule has 2 aromatic heterocycles. The topological polar surface area (TPSA) is 85.8 Å². The summed E-state index contributed by atoms with van der Waals surface area (Å²) in [6, 6.07) is 10.7. The Kier molecular flexibility index (Phi) is 6.31. The summed E-state index contributed by atoms with van der Waals surface area (Å²) in [6.45, 7) is 3.17. The molecule has 3 heterocycles. The number of hydrogen-bond acceptors (Lipinski definition) is 6. The van der Waals surface area contributed by atoms with E-state index in [-0.39, 0.29) is 0 Å². The molecular weight excluding hydrogens is 314 g/mol. The molecule has 0 atom stereocenters. The maximum absolute atomic E-state index is 8.74. The van der Waals surface area contributed by atoms with Gasteiger partial charge in [0.05, 0.1) is 36.5 Å². The second-order valence-electron chi connectivity index (χ2n) is 4.59. The fraction of sp³-hybridized carbons (Fsp3) is 0.250. The number of morpholine rings is 1. The van der Waals surface area contributed by atoms with E-state index in [1.807, 2.05) is 12.1 Å². The average Bonchev–Trinajstić information content (AvgIpc) is 2.63.